The molecule has 0 fully saturated rings. The van der Waals surface area contributed by atoms with E-state index < -0.39 is 0 Å². The first-order valence-electron chi connectivity index (χ1n) is 5.85. The minimum atomic E-state index is 0.106. The van der Waals surface area contributed by atoms with Gasteiger partial charge in [0.15, 0.2) is 17.3 Å². The predicted molar refractivity (Wildman–Crippen MR) is 65.8 cm³/mol. The smallest absolute Gasteiger partial charge is 0.172 e. The molecule has 1 heterocycles. The van der Waals surface area contributed by atoms with Gasteiger partial charge < -0.3 is 9.47 Å². The lowest BCUT2D eigenvalue weighted by molar-refractivity contribution is 0.0969. The Kier molecular flexibility index (Phi) is 3.81. The minimum absolute atomic E-state index is 0.106. The number of benzene rings is 1. The number of hydrogen-bond acceptors (Lipinski definition) is 3. The molecular weight excluding hydrogens is 216 g/mol. The Morgan fingerprint density at radius 2 is 2.18 bits per heavy atom. The van der Waals surface area contributed by atoms with Gasteiger partial charge in [-0.2, -0.15) is 0 Å². The summed E-state index contributed by atoms with van der Waals surface area (Å²) in [5.74, 6) is 1.38. The Morgan fingerprint density at radius 3 is 3.00 bits per heavy atom. The van der Waals surface area contributed by atoms with Gasteiger partial charge in [0, 0.05) is 6.42 Å². The standard InChI is InChI=1S/C14H16O3/c1-2-3-4-7-12(15)11-6-5-8-13-14(11)17-10-9-16-13/h2,5-6,8H,1,3-4,7,9-10H2. The van der Waals surface area contributed by atoms with Crippen molar-refractivity contribution in [3.8, 4) is 11.5 Å². The molecule has 2 rings (SSSR count). The fourth-order valence-electron chi connectivity index (χ4n) is 1.83. The quantitative estimate of drug-likeness (QED) is 0.445. The Bertz CT molecular complexity index is 423. The molecule has 0 aromatic heterocycles. The molecule has 0 radical (unpaired) electrons. The molecular formula is C14H16O3. The summed E-state index contributed by atoms with van der Waals surface area (Å²) in [4.78, 5) is 12.0. The Hall–Kier alpha value is -1.77. The normalized spacial score (nSPS) is 13.2. The lowest BCUT2D eigenvalue weighted by Gasteiger charge is -2.20. The van der Waals surface area contributed by atoms with Crippen molar-refractivity contribution in [2.75, 3.05) is 13.2 Å². The molecule has 0 bridgehead atoms. The molecule has 0 atom stereocenters. The van der Waals surface area contributed by atoms with Crippen LogP contribution in [0.5, 0.6) is 11.5 Å². The maximum Gasteiger partial charge on any atom is 0.172 e. The molecule has 0 spiro atoms. The Labute approximate surface area is 101 Å². The first kappa shape index (κ1) is 11.7. The van der Waals surface area contributed by atoms with Crippen LogP contribution in [-0.4, -0.2) is 19.0 Å². The van der Waals surface area contributed by atoms with Gasteiger partial charge in [0.05, 0.1) is 5.56 Å². The van der Waals surface area contributed by atoms with Gasteiger partial charge in [-0.1, -0.05) is 12.1 Å². The van der Waals surface area contributed by atoms with Crippen LogP contribution in [0, 0.1) is 0 Å². The number of Topliss-reactive ketones (excluding diaryl/α,β-unsaturated/α-hetero) is 1. The monoisotopic (exact) mass is 232 g/mol. The first-order chi connectivity index (χ1) is 8.33. The third-order valence-corrected chi connectivity index (χ3v) is 2.68. The van der Waals surface area contributed by atoms with E-state index in [4.69, 9.17) is 9.47 Å². The molecule has 17 heavy (non-hydrogen) atoms. The summed E-state index contributed by atoms with van der Waals surface area (Å²) in [6.45, 7) is 4.69. The lowest BCUT2D eigenvalue weighted by Crippen LogP contribution is -2.17. The fourth-order valence-corrected chi connectivity index (χ4v) is 1.83. The van der Waals surface area contributed by atoms with E-state index in [1.807, 2.05) is 18.2 Å². The molecule has 0 N–H and O–H groups in total. The molecule has 1 aliphatic heterocycles. The number of rotatable bonds is 5. The number of hydrogen-bond donors (Lipinski definition) is 0. The summed E-state index contributed by atoms with van der Waals surface area (Å²) in [7, 11) is 0. The van der Waals surface area contributed by atoms with Gasteiger partial charge in [-0.05, 0) is 25.0 Å². The maximum atomic E-state index is 12.0. The molecule has 0 unspecified atom stereocenters. The van der Waals surface area contributed by atoms with Gasteiger partial charge in [-0.3, -0.25) is 4.79 Å². The largest absolute Gasteiger partial charge is 0.486 e. The van der Waals surface area contributed by atoms with Gasteiger partial charge in [0.25, 0.3) is 0 Å². The van der Waals surface area contributed by atoms with Crippen molar-refractivity contribution in [2.45, 2.75) is 19.3 Å². The van der Waals surface area contributed by atoms with E-state index >= 15 is 0 Å². The summed E-state index contributed by atoms with van der Waals surface area (Å²) >= 11 is 0. The first-order valence-corrected chi connectivity index (χ1v) is 5.85. The Balaban J connectivity index is 2.14. The molecule has 90 valence electrons. The zero-order valence-electron chi connectivity index (χ0n) is 9.78. The molecule has 0 saturated heterocycles. The number of ether oxygens (including phenoxy) is 2. The summed E-state index contributed by atoms with van der Waals surface area (Å²) in [5, 5.41) is 0. The number of ketones is 1. The van der Waals surface area contributed by atoms with E-state index in [9.17, 15) is 4.79 Å². The van der Waals surface area contributed by atoms with Crippen LogP contribution in [0.15, 0.2) is 30.9 Å². The van der Waals surface area contributed by atoms with E-state index in [-0.39, 0.29) is 5.78 Å². The highest BCUT2D eigenvalue weighted by molar-refractivity contribution is 5.99. The molecule has 3 nitrogen and oxygen atoms in total. The minimum Gasteiger partial charge on any atom is -0.486 e. The molecule has 1 aromatic carbocycles. The van der Waals surface area contributed by atoms with Crippen LogP contribution >= 0.6 is 0 Å². The van der Waals surface area contributed by atoms with Gasteiger partial charge in [0.1, 0.15) is 13.2 Å². The van der Waals surface area contributed by atoms with Crippen molar-refractivity contribution in [3.63, 3.8) is 0 Å². The van der Waals surface area contributed by atoms with Gasteiger partial charge in [-0.15, -0.1) is 6.58 Å². The highest BCUT2D eigenvalue weighted by Crippen LogP contribution is 2.34. The third kappa shape index (κ3) is 2.67. The summed E-state index contributed by atoms with van der Waals surface area (Å²) in [6.07, 6.45) is 4.03. The van der Waals surface area contributed by atoms with Gasteiger partial charge >= 0.3 is 0 Å². The van der Waals surface area contributed by atoms with Crippen molar-refractivity contribution >= 4 is 5.78 Å². The summed E-state index contributed by atoms with van der Waals surface area (Å²) in [6, 6.07) is 5.45. The van der Waals surface area contributed by atoms with Crippen LogP contribution in [0.1, 0.15) is 29.6 Å². The number of allylic oxidation sites excluding steroid dienone is 1. The average Bonchev–Trinajstić information content (AvgIpc) is 2.38. The molecule has 0 aliphatic carbocycles. The topological polar surface area (TPSA) is 35.5 Å². The van der Waals surface area contributed by atoms with E-state index in [2.05, 4.69) is 6.58 Å². The molecule has 0 saturated carbocycles. The number of carbonyl (C=O) groups is 1. The maximum absolute atomic E-state index is 12.0. The summed E-state index contributed by atoms with van der Waals surface area (Å²) in [5.41, 5.74) is 0.631. The number of para-hydroxylation sites is 1. The second-order valence-corrected chi connectivity index (χ2v) is 3.93. The Morgan fingerprint density at radius 1 is 1.35 bits per heavy atom. The SMILES string of the molecule is C=CCCCC(=O)c1cccc2c1OCCO2. The van der Waals surface area contributed by atoms with Crippen LogP contribution in [0.2, 0.25) is 0 Å². The highest BCUT2D eigenvalue weighted by Gasteiger charge is 2.19. The predicted octanol–water partition coefficient (Wildman–Crippen LogP) is 3.00. The van der Waals surface area contributed by atoms with E-state index in [0.717, 1.165) is 12.8 Å². The van der Waals surface area contributed by atoms with E-state index in [1.54, 1.807) is 6.07 Å². The number of carbonyl (C=O) groups excluding carboxylic acids is 1. The zero-order chi connectivity index (χ0) is 12.1. The lowest BCUT2D eigenvalue weighted by atomic mass is 10.0. The van der Waals surface area contributed by atoms with Crippen molar-refractivity contribution in [3.05, 3.63) is 36.4 Å². The second kappa shape index (κ2) is 5.53. The third-order valence-electron chi connectivity index (χ3n) is 2.68. The van der Waals surface area contributed by atoms with Crippen molar-refractivity contribution < 1.29 is 14.3 Å². The fraction of sp³-hybridized carbons (Fsp3) is 0.357. The number of fused-ring (bicyclic) bond motifs is 1. The second-order valence-electron chi connectivity index (χ2n) is 3.93. The van der Waals surface area contributed by atoms with Crippen LogP contribution in [-0.2, 0) is 0 Å². The van der Waals surface area contributed by atoms with E-state index in [0.29, 0.717) is 36.7 Å². The highest BCUT2D eigenvalue weighted by atomic mass is 16.6. The number of unbranched alkanes of at least 4 members (excludes halogenated alkanes) is 1. The van der Waals surface area contributed by atoms with Crippen LogP contribution < -0.4 is 9.47 Å². The van der Waals surface area contributed by atoms with E-state index in [1.165, 1.54) is 0 Å². The van der Waals surface area contributed by atoms with Crippen LogP contribution in [0.4, 0.5) is 0 Å². The van der Waals surface area contributed by atoms with Gasteiger partial charge in [-0.25, -0.2) is 0 Å². The molecule has 1 aromatic rings. The molecule has 3 heteroatoms. The zero-order valence-corrected chi connectivity index (χ0v) is 9.78. The van der Waals surface area contributed by atoms with Gasteiger partial charge in [0.2, 0.25) is 0 Å². The average molecular weight is 232 g/mol. The molecule has 0 amide bonds. The van der Waals surface area contributed by atoms with Crippen molar-refractivity contribution in [1.29, 1.82) is 0 Å². The molecule has 1 aliphatic rings. The van der Waals surface area contributed by atoms with Crippen molar-refractivity contribution in [2.24, 2.45) is 0 Å². The van der Waals surface area contributed by atoms with Crippen LogP contribution in [0.25, 0.3) is 0 Å². The van der Waals surface area contributed by atoms with Crippen LogP contribution in [0.3, 0.4) is 0 Å². The summed E-state index contributed by atoms with van der Waals surface area (Å²) < 4.78 is 11.0. The van der Waals surface area contributed by atoms with Crippen molar-refractivity contribution in [1.82, 2.24) is 0 Å².